The molecule has 25 heavy (non-hydrogen) atoms. The molecule has 5 heteroatoms. The van der Waals surface area contributed by atoms with Gasteiger partial charge in [-0.1, -0.05) is 0 Å². The first kappa shape index (κ1) is 15.6. The summed E-state index contributed by atoms with van der Waals surface area (Å²) in [5.74, 6) is 0. The standard InChI is InChI=1S/C20H19N5/c1-15-3-2-10-24(15)25(18-7-4-16(12-21)5-8-18)19-9-6-17-13-22-14-23-20(17)11-19/h4-9,11,13-15H,2-3,10H2,1H3. The van der Waals surface area contributed by atoms with Crippen LogP contribution in [0.15, 0.2) is 55.0 Å². The smallest absolute Gasteiger partial charge is 0.116 e. The Hall–Kier alpha value is -2.97. The molecule has 1 fully saturated rings. The minimum Gasteiger partial charge on any atom is -0.274 e. The van der Waals surface area contributed by atoms with Crippen LogP contribution in [0.5, 0.6) is 0 Å². The lowest BCUT2D eigenvalue weighted by molar-refractivity contribution is 0.273. The van der Waals surface area contributed by atoms with Crippen molar-refractivity contribution in [2.45, 2.75) is 25.8 Å². The zero-order valence-electron chi connectivity index (χ0n) is 14.1. The zero-order chi connectivity index (χ0) is 17.2. The van der Waals surface area contributed by atoms with E-state index in [-0.39, 0.29) is 0 Å². The van der Waals surface area contributed by atoms with E-state index in [1.165, 1.54) is 12.8 Å². The minimum atomic E-state index is 0.469. The lowest BCUT2D eigenvalue weighted by Gasteiger charge is -2.37. The molecule has 1 atom stereocenters. The molecule has 0 bridgehead atoms. The van der Waals surface area contributed by atoms with E-state index in [1.54, 1.807) is 6.33 Å². The average Bonchev–Trinajstić information content (AvgIpc) is 3.08. The monoisotopic (exact) mass is 329 g/mol. The molecule has 3 aromatic rings. The van der Waals surface area contributed by atoms with Crippen molar-refractivity contribution in [1.82, 2.24) is 15.0 Å². The number of anilines is 2. The van der Waals surface area contributed by atoms with E-state index in [1.807, 2.05) is 30.5 Å². The molecule has 0 amide bonds. The maximum Gasteiger partial charge on any atom is 0.116 e. The molecule has 2 aromatic carbocycles. The van der Waals surface area contributed by atoms with Gasteiger partial charge in [0.25, 0.3) is 0 Å². The molecular weight excluding hydrogens is 310 g/mol. The Kier molecular flexibility index (Phi) is 4.04. The van der Waals surface area contributed by atoms with Crippen LogP contribution in [0, 0.1) is 11.3 Å². The Labute approximate surface area is 147 Å². The molecule has 4 rings (SSSR count). The summed E-state index contributed by atoms with van der Waals surface area (Å²) >= 11 is 0. The number of hydrogen-bond donors (Lipinski definition) is 0. The molecule has 1 aliphatic heterocycles. The summed E-state index contributed by atoms with van der Waals surface area (Å²) in [5, 5.41) is 14.7. The van der Waals surface area contributed by atoms with Crippen LogP contribution < -0.4 is 5.01 Å². The molecule has 1 aromatic heterocycles. The Morgan fingerprint density at radius 2 is 1.96 bits per heavy atom. The highest BCUT2D eigenvalue weighted by Crippen LogP contribution is 2.33. The molecule has 0 aliphatic carbocycles. The quantitative estimate of drug-likeness (QED) is 0.726. The molecule has 1 saturated heterocycles. The van der Waals surface area contributed by atoms with Crippen molar-refractivity contribution in [2.24, 2.45) is 0 Å². The van der Waals surface area contributed by atoms with Gasteiger partial charge in [0.1, 0.15) is 6.33 Å². The topological polar surface area (TPSA) is 56.0 Å². The van der Waals surface area contributed by atoms with Crippen LogP contribution in [0.2, 0.25) is 0 Å². The van der Waals surface area contributed by atoms with Crippen molar-refractivity contribution in [3.63, 3.8) is 0 Å². The van der Waals surface area contributed by atoms with E-state index < -0.39 is 0 Å². The molecule has 0 N–H and O–H groups in total. The number of fused-ring (bicyclic) bond motifs is 1. The van der Waals surface area contributed by atoms with Crippen LogP contribution in [-0.4, -0.2) is 27.6 Å². The summed E-state index contributed by atoms with van der Waals surface area (Å²) in [6, 6.07) is 16.7. The summed E-state index contributed by atoms with van der Waals surface area (Å²) < 4.78 is 0. The predicted molar refractivity (Wildman–Crippen MR) is 98.2 cm³/mol. The highest BCUT2D eigenvalue weighted by Gasteiger charge is 2.27. The first-order chi connectivity index (χ1) is 12.3. The van der Waals surface area contributed by atoms with Crippen molar-refractivity contribution in [1.29, 1.82) is 5.26 Å². The second-order valence-corrected chi connectivity index (χ2v) is 6.39. The fourth-order valence-electron chi connectivity index (χ4n) is 3.43. The largest absolute Gasteiger partial charge is 0.274 e. The molecular formula is C20H19N5. The summed E-state index contributed by atoms with van der Waals surface area (Å²) in [7, 11) is 0. The van der Waals surface area contributed by atoms with Crippen LogP contribution in [0.25, 0.3) is 10.9 Å². The summed E-state index contributed by atoms with van der Waals surface area (Å²) in [5.41, 5.74) is 3.73. The molecule has 0 radical (unpaired) electrons. The van der Waals surface area contributed by atoms with Crippen molar-refractivity contribution >= 4 is 22.3 Å². The maximum atomic E-state index is 9.07. The van der Waals surface area contributed by atoms with Gasteiger partial charge in [0.05, 0.1) is 28.5 Å². The lowest BCUT2D eigenvalue weighted by atomic mass is 10.2. The zero-order valence-corrected chi connectivity index (χ0v) is 14.1. The summed E-state index contributed by atoms with van der Waals surface area (Å²) in [4.78, 5) is 8.48. The van der Waals surface area contributed by atoms with Gasteiger partial charge in [-0.05, 0) is 62.2 Å². The van der Waals surface area contributed by atoms with Gasteiger partial charge in [0, 0.05) is 24.2 Å². The van der Waals surface area contributed by atoms with E-state index in [0.717, 1.165) is 28.8 Å². The maximum absolute atomic E-state index is 9.07. The summed E-state index contributed by atoms with van der Waals surface area (Å²) in [6.45, 7) is 3.27. The van der Waals surface area contributed by atoms with Gasteiger partial charge in [-0.3, -0.25) is 5.01 Å². The normalized spacial score (nSPS) is 17.5. The Morgan fingerprint density at radius 3 is 2.68 bits per heavy atom. The Balaban J connectivity index is 1.81. The van der Waals surface area contributed by atoms with Gasteiger partial charge in [-0.25, -0.2) is 15.0 Å². The van der Waals surface area contributed by atoms with E-state index in [0.29, 0.717) is 11.6 Å². The number of hydrazine groups is 1. The second kappa shape index (κ2) is 6.50. The third-order valence-electron chi connectivity index (χ3n) is 4.75. The number of rotatable bonds is 3. The van der Waals surface area contributed by atoms with Crippen molar-refractivity contribution < 1.29 is 0 Å². The first-order valence-electron chi connectivity index (χ1n) is 8.53. The van der Waals surface area contributed by atoms with Gasteiger partial charge in [0.2, 0.25) is 0 Å². The van der Waals surface area contributed by atoms with E-state index in [4.69, 9.17) is 5.26 Å². The first-order valence-corrected chi connectivity index (χ1v) is 8.53. The molecule has 1 unspecified atom stereocenters. The van der Waals surface area contributed by atoms with Gasteiger partial charge in [-0.2, -0.15) is 5.26 Å². The average molecular weight is 329 g/mol. The van der Waals surface area contributed by atoms with E-state index in [9.17, 15) is 0 Å². The Bertz CT molecular complexity index is 929. The number of nitrogens with zero attached hydrogens (tertiary/aromatic N) is 5. The highest BCUT2D eigenvalue weighted by atomic mass is 15.6. The molecule has 5 nitrogen and oxygen atoms in total. The van der Waals surface area contributed by atoms with Crippen LogP contribution in [0.4, 0.5) is 11.4 Å². The van der Waals surface area contributed by atoms with Gasteiger partial charge in [-0.15, -0.1) is 0 Å². The van der Waals surface area contributed by atoms with Gasteiger partial charge in [0.15, 0.2) is 0 Å². The van der Waals surface area contributed by atoms with E-state index >= 15 is 0 Å². The molecule has 2 heterocycles. The van der Waals surface area contributed by atoms with Crippen LogP contribution in [-0.2, 0) is 0 Å². The van der Waals surface area contributed by atoms with E-state index in [2.05, 4.69) is 51.2 Å². The van der Waals surface area contributed by atoms with Crippen molar-refractivity contribution in [2.75, 3.05) is 11.6 Å². The van der Waals surface area contributed by atoms with Crippen molar-refractivity contribution in [3.05, 3.63) is 60.6 Å². The van der Waals surface area contributed by atoms with Crippen molar-refractivity contribution in [3.8, 4) is 6.07 Å². The van der Waals surface area contributed by atoms with Crippen LogP contribution in [0.3, 0.4) is 0 Å². The number of benzene rings is 2. The highest BCUT2D eigenvalue weighted by molar-refractivity contribution is 5.82. The third-order valence-corrected chi connectivity index (χ3v) is 4.75. The number of aromatic nitrogens is 2. The third kappa shape index (κ3) is 2.92. The van der Waals surface area contributed by atoms with Gasteiger partial charge >= 0.3 is 0 Å². The van der Waals surface area contributed by atoms with Crippen LogP contribution in [0.1, 0.15) is 25.3 Å². The van der Waals surface area contributed by atoms with Crippen LogP contribution >= 0.6 is 0 Å². The molecule has 0 saturated carbocycles. The number of hydrogen-bond acceptors (Lipinski definition) is 5. The molecule has 0 spiro atoms. The SMILES string of the molecule is CC1CCCN1N(c1ccc(C#N)cc1)c1ccc2cncnc2c1. The second-order valence-electron chi connectivity index (χ2n) is 6.39. The Morgan fingerprint density at radius 1 is 1.16 bits per heavy atom. The summed E-state index contributed by atoms with van der Waals surface area (Å²) in [6.07, 6.45) is 5.78. The van der Waals surface area contributed by atoms with Gasteiger partial charge < -0.3 is 0 Å². The fraction of sp³-hybridized carbons (Fsp3) is 0.250. The predicted octanol–water partition coefficient (Wildman–Crippen LogP) is 4.04. The minimum absolute atomic E-state index is 0.469. The number of nitriles is 1. The fourth-order valence-corrected chi connectivity index (χ4v) is 3.43. The molecule has 1 aliphatic rings. The lowest BCUT2D eigenvalue weighted by Crippen LogP contribution is -2.41. The molecule has 124 valence electrons.